The van der Waals surface area contributed by atoms with Crippen LogP contribution in [0.1, 0.15) is 12.5 Å². The molecule has 1 unspecified atom stereocenters. The van der Waals surface area contributed by atoms with E-state index in [2.05, 4.69) is 4.74 Å². The van der Waals surface area contributed by atoms with Gasteiger partial charge in [-0.05, 0) is 19.5 Å². The smallest absolute Gasteiger partial charge is 0.338 e. The predicted octanol–water partition coefficient (Wildman–Crippen LogP) is 1.04. The molecule has 0 aliphatic carbocycles. The van der Waals surface area contributed by atoms with Gasteiger partial charge in [0.1, 0.15) is 0 Å². The maximum atomic E-state index is 11.3. The molecule has 4 nitrogen and oxygen atoms in total. The molecule has 0 aliphatic rings. The number of aliphatic hydroxyl groups is 1. The van der Waals surface area contributed by atoms with Gasteiger partial charge in [-0.2, -0.15) is 0 Å². The molecule has 0 radical (unpaired) electrons. The summed E-state index contributed by atoms with van der Waals surface area (Å²) in [5.41, 5.74) is -0.339. The zero-order chi connectivity index (χ0) is 12.9. The van der Waals surface area contributed by atoms with Gasteiger partial charge in [0.2, 0.25) is 0 Å². The third-order valence-corrected chi connectivity index (χ3v) is 2.50. The molecule has 1 atom stereocenters. The number of esters is 1. The maximum absolute atomic E-state index is 11.3. The van der Waals surface area contributed by atoms with Crippen LogP contribution in [0, 0.1) is 0 Å². The van der Waals surface area contributed by atoms with E-state index in [9.17, 15) is 9.90 Å². The lowest BCUT2D eigenvalue weighted by Crippen LogP contribution is -2.46. The van der Waals surface area contributed by atoms with Crippen LogP contribution in [-0.2, 0) is 16.1 Å². The Bertz CT molecular complexity index is 362. The minimum absolute atomic E-state index is 0.231. The standard InChI is InChI=1S/C13H19NO3/c1-13(16,12(15)17-3)10-14(2)9-11-7-5-4-6-8-11/h4-8,16H,9-10H2,1-3H3. The van der Waals surface area contributed by atoms with Crippen LogP contribution in [0.5, 0.6) is 0 Å². The number of rotatable bonds is 5. The molecule has 1 N–H and O–H groups in total. The van der Waals surface area contributed by atoms with Crippen LogP contribution in [-0.4, -0.2) is 42.3 Å². The van der Waals surface area contributed by atoms with Crippen molar-refractivity contribution in [2.45, 2.75) is 19.1 Å². The second kappa shape index (κ2) is 5.80. The number of hydrogen-bond acceptors (Lipinski definition) is 4. The summed E-state index contributed by atoms with van der Waals surface area (Å²) >= 11 is 0. The lowest BCUT2D eigenvalue weighted by atomic mass is 10.1. The molecule has 1 aromatic carbocycles. The minimum atomic E-state index is -1.47. The molecule has 0 saturated carbocycles. The quantitative estimate of drug-likeness (QED) is 0.777. The Morgan fingerprint density at radius 3 is 2.53 bits per heavy atom. The molecule has 0 saturated heterocycles. The molecule has 0 fully saturated rings. The molecule has 94 valence electrons. The monoisotopic (exact) mass is 237 g/mol. The first kappa shape index (κ1) is 13.7. The molecular weight excluding hydrogens is 218 g/mol. The predicted molar refractivity (Wildman–Crippen MR) is 65.4 cm³/mol. The van der Waals surface area contributed by atoms with E-state index in [-0.39, 0.29) is 6.54 Å². The summed E-state index contributed by atoms with van der Waals surface area (Å²) < 4.78 is 4.55. The molecule has 1 aromatic rings. The zero-order valence-corrected chi connectivity index (χ0v) is 10.5. The number of ether oxygens (including phenoxy) is 1. The van der Waals surface area contributed by atoms with E-state index < -0.39 is 11.6 Å². The Balaban J connectivity index is 2.55. The van der Waals surface area contributed by atoms with Crippen molar-refractivity contribution in [2.24, 2.45) is 0 Å². The van der Waals surface area contributed by atoms with Crippen LogP contribution in [0.25, 0.3) is 0 Å². The molecule has 17 heavy (non-hydrogen) atoms. The number of carbonyl (C=O) groups excluding carboxylic acids is 1. The lowest BCUT2D eigenvalue weighted by molar-refractivity contribution is -0.162. The van der Waals surface area contributed by atoms with E-state index in [1.165, 1.54) is 14.0 Å². The van der Waals surface area contributed by atoms with Gasteiger partial charge in [-0.1, -0.05) is 30.3 Å². The lowest BCUT2D eigenvalue weighted by Gasteiger charge is -2.26. The van der Waals surface area contributed by atoms with Gasteiger partial charge in [-0.15, -0.1) is 0 Å². The first-order valence-corrected chi connectivity index (χ1v) is 5.49. The highest BCUT2D eigenvalue weighted by Gasteiger charge is 2.32. The Hall–Kier alpha value is -1.39. The number of benzene rings is 1. The van der Waals surface area contributed by atoms with Gasteiger partial charge in [-0.3, -0.25) is 4.90 Å². The van der Waals surface area contributed by atoms with Gasteiger partial charge in [0.05, 0.1) is 7.11 Å². The summed E-state index contributed by atoms with van der Waals surface area (Å²) in [6, 6.07) is 9.88. The second-order valence-electron chi connectivity index (χ2n) is 4.42. The Morgan fingerprint density at radius 2 is 2.00 bits per heavy atom. The van der Waals surface area contributed by atoms with Gasteiger partial charge in [0, 0.05) is 13.1 Å². The summed E-state index contributed by atoms with van der Waals surface area (Å²) in [7, 11) is 3.12. The second-order valence-corrected chi connectivity index (χ2v) is 4.42. The Labute approximate surface area is 102 Å². The third kappa shape index (κ3) is 4.17. The van der Waals surface area contributed by atoms with Crippen molar-refractivity contribution in [3.63, 3.8) is 0 Å². The molecule has 0 amide bonds. The van der Waals surface area contributed by atoms with Crippen molar-refractivity contribution in [3.05, 3.63) is 35.9 Å². The average molecular weight is 237 g/mol. The van der Waals surface area contributed by atoms with Gasteiger partial charge in [-0.25, -0.2) is 4.79 Å². The fraction of sp³-hybridized carbons (Fsp3) is 0.462. The van der Waals surface area contributed by atoms with Crippen molar-refractivity contribution in [1.82, 2.24) is 4.90 Å². The van der Waals surface area contributed by atoms with Crippen LogP contribution in [0.4, 0.5) is 0 Å². The summed E-state index contributed by atoms with van der Waals surface area (Å²) in [4.78, 5) is 13.2. The number of likely N-dealkylation sites (N-methyl/N-ethyl adjacent to an activating group) is 1. The van der Waals surface area contributed by atoms with E-state index in [1.807, 2.05) is 42.3 Å². The van der Waals surface area contributed by atoms with Crippen LogP contribution in [0.2, 0.25) is 0 Å². The molecule has 0 aliphatic heterocycles. The SMILES string of the molecule is COC(=O)C(C)(O)CN(C)Cc1ccccc1. The van der Waals surface area contributed by atoms with Crippen LogP contribution >= 0.6 is 0 Å². The number of carbonyl (C=O) groups is 1. The molecule has 4 heteroatoms. The van der Waals surface area contributed by atoms with E-state index >= 15 is 0 Å². The van der Waals surface area contributed by atoms with Crippen LogP contribution in [0.3, 0.4) is 0 Å². The molecule has 0 aromatic heterocycles. The maximum Gasteiger partial charge on any atom is 0.338 e. The first-order chi connectivity index (χ1) is 7.95. The highest BCUT2D eigenvalue weighted by Crippen LogP contribution is 2.10. The van der Waals surface area contributed by atoms with Gasteiger partial charge in [0.15, 0.2) is 5.60 Å². The van der Waals surface area contributed by atoms with Crippen molar-refractivity contribution < 1.29 is 14.6 Å². The fourth-order valence-electron chi connectivity index (χ4n) is 1.76. The Kier molecular flexibility index (Phi) is 4.66. The van der Waals surface area contributed by atoms with Gasteiger partial charge >= 0.3 is 5.97 Å². The van der Waals surface area contributed by atoms with Crippen LogP contribution < -0.4 is 0 Å². The molecule has 1 rings (SSSR count). The molecule has 0 bridgehead atoms. The summed E-state index contributed by atoms with van der Waals surface area (Å²) in [6.45, 7) is 2.36. The summed E-state index contributed by atoms with van der Waals surface area (Å²) in [5, 5.41) is 9.92. The van der Waals surface area contributed by atoms with Crippen molar-refractivity contribution in [1.29, 1.82) is 0 Å². The first-order valence-electron chi connectivity index (χ1n) is 5.49. The highest BCUT2D eigenvalue weighted by atomic mass is 16.5. The normalized spacial score (nSPS) is 14.4. The number of methoxy groups -OCH3 is 1. The number of nitrogens with zero attached hydrogens (tertiary/aromatic N) is 1. The minimum Gasteiger partial charge on any atom is -0.467 e. The van der Waals surface area contributed by atoms with Crippen molar-refractivity contribution >= 4 is 5.97 Å². The van der Waals surface area contributed by atoms with E-state index in [0.29, 0.717) is 6.54 Å². The van der Waals surface area contributed by atoms with Gasteiger partial charge < -0.3 is 9.84 Å². The molecule has 0 spiro atoms. The summed E-state index contributed by atoms with van der Waals surface area (Å²) in [6.07, 6.45) is 0. The number of hydrogen-bond donors (Lipinski definition) is 1. The fourth-order valence-corrected chi connectivity index (χ4v) is 1.76. The molecular formula is C13H19NO3. The van der Waals surface area contributed by atoms with Crippen LogP contribution in [0.15, 0.2) is 30.3 Å². The van der Waals surface area contributed by atoms with Gasteiger partial charge in [0.25, 0.3) is 0 Å². The van der Waals surface area contributed by atoms with E-state index in [0.717, 1.165) is 5.56 Å². The highest BCUT2D eigenvalue weighted by molar-refractivity contribution is 5.78. The third-order valence-electron chi connectivity index (χ3n) is 2.50. The van der Waals surface area contributed by atoms with Crippen molar-refractivity contribution in [3.8, 4) is 0 Å². The largest absolute Gasteiger partial charge is 0.467 e. The van der Waals surface area contributed by atoms with E-state index in [4.69, 9.17) is 0 Å². The topological polar surface area (TPSA) is 49.8 Å². The zero-order valence-electron chi connectivity index (χ0n) is 10.5. The van der Waals surface area contributed by atoms with Crippen molar-refractivity contribution in [2.75, 3.05) is 20.7 Å². The molecule has 0 heterocycles. The van der Waals surface area contributed by atoms with E-state index in [1.54, 1.807) is 0 Å². The summed E-state index contributed by atoms with van der Waals surface area (Å²) in [5.74, 6) is -0.614. The average Bonchev–Trinajstić information content (AvgIpc) is 2.28. The Morgan fingerprint density at radius 1 is 1.41 bits per heavy atom.